The summed E-state index contributed by atoms with van der Waals surface area (Å²) in [5.74, 6) is 0.580. The summed E-state index contributed by atoms with van der Waals surface area (Å²) in [7, 11) is 0. The monoisotopic (exact) mass is 210 g/mol. The molecule has 0 aliphatic carbocycles. The highest BCUT2D eigenvalue weighted by Gasteiger charge is 2.33. The Labute approximate surface area is 96.4 Å². The second-order valence-electron chi connectivity index (χ2n) is 4.61. The Hall–Kier alpha value is -1.63. The van der Waals surface area contributed by atoms with Crippen LogP contribution in [-0.2, 0) is 0 Å². The van der Waals surface area contributed by atoms with Gasteiger partial charge in [-0.05, 0) is 24.6 Å². The minimum atomic E-state index is 0.533. The standard InChI is InChI=1S/C15H16N/c1-11-12(2)16-10-6-5-9-15(16)14-8-4-3-7-13(11)14/h3-12H,1-2H3/q+1/t11?,12-/m1/s1. The van der Waals surface area contributed by atoms with Crippen molar-refractivity contribution in [3.05, 3.63) is 54.2 Å². The molecular formula is C15H16N+. The van der Waals surface area contributed by atoms with E-state index in [2.05, 4.69) is 67.1 Å². The molecule has 2 atom stereocenters. The van der Waals surface area contributed by atoms with Crippen molar-refractivity contribution in [2.24, 2.45) is 0 Å². The Bertz CT molecular complexity index is 481. The van der Waals surface area contributed by atoms with E-state index in [1.54, 1.807) is 0 Å². The largest absolute Gasteiger partial charge is 0.213 e. The van der Waals surface area contributed by atoms with E-state index in [0.29, 0.717) is 12.0 Å². The zero-order chi connectivity index (χ0) is 11.1. The fraction of sp³-hybridized carbons (Fsp3) is 0.267. The Morgan fingerprint density at radius 2 is 1.69 bits per heavy atom. The third-order valence-electron chi connectivity index (χ3n) is 3.78. The van der Waals surface area contributed by atoms with Gasteiger partial charge in [0.05, 0.1) is 0 Å². The van der Waals surface area contributed by atoms with Crippen LogP contribution in [-0.4, -0.2) is 0 Å². The van der Waals surface area contributed by atoms with Crippen molar-refractivity contribution >= 4 is 0 Å². The third-order valence-corrected chi connectivity index (χ3v) is 3.78. The van der Waals surface area contributed by atoms with Gasteiger partial charge in [0.1, 0.15) is 0 Å². The zero-order valence-corrected chi connectivity index (χ0v) is 9.72. The number of aromatic nitrogens is 1. The number of hydrogen-bond donors (Lipinski definition) is 0. The minimum absolute atomic E-state index is 0.533. The summed E-state index contributed by atoms with van der Waals surface area (Å²) in [6.45, 7) is 4.61. The number of fused-ring (bicyclic) bond motifs is 3. The van der Waals surface area contributed by atoms with Crippen molar-refractivity contribution in [1.82, 2.24) is 0 Å². The Morgan fingerprint density at radius 1 is 0.938 bits per heavy atom. The molecule has 16 heavy (non-hydrogen) atoms. The molecule has 2 heterocycles. The molecule has 3 rings (SSSR count). The van der Waals surface area contributed by atoms with Gasteiger partial charge in [0.2, 0.25) is 5.69 Å². The maximum absolute atomic E-state index is 2.38. The molecule has 1 heteroatoms. The molecule has 0 amide bonds. The van der Waals surface area contributed by atoms with Crippen molar-refractivity contribution in [3.63, 3.8) is 0 Å². The van der Waals surface area contributed by atoms with Crippen LogP contribution in [0.4, 0.5) is 0 Å². The van der Waals surface area contributed by atoms with Crippen molar-refractivity contribution in [2.75, 3.05) is 0 Å². The van der Waals surface area contributed by atoms with E-state index in [1.807, 2.05) is 0 Å². The number of rotatable bonds is 0. The first kappa shape index (κ1) is 9.59. The first-order valence-corrected chi connectivity index (χ1v) is 5.88. The summed E-state index contributed by atoms with van der Waals surface area (Å²) < 4.78 is 2.38. The molecule has 80 valence electrons. The third kappa shape index (κ3) is 1.21. The summed E-state index contributed by atoms with van der Waals surface area (Å²) in [5.41, 5.74) is 4.19. The van der Waals surface area contributed by atoms with Gasteiger partial charge in [0.15, 0.2) is 12.2 Å². The van der Waals surface area contributed by atoms with Crippen LogP contribution >= 0.6 is 0 Å². The second-order valence-corrected chi connectivity index (χ2v) is 4.61. The number of hydrogen-bond acceptors (Lipinski definition) is 0. The molecule has 1 aromatic heterocycles. The van der Waals surface area contributed by atoms with Gasteiger partial charge >= 0.3 is 0 Å². The highest BCUT2D eigenvalue weighted by atomic mass is 15.0. The van der Waals surface area contributed by atoms with Crippen LogP contribution in [0.5, 0.6) is 0 Å². The quantitative estimate of drug-likeness (QED) is 0.587. The average Bonchev–Trinajstić information content (AvgIpc) is 2.36. The lowest BCUT2D eigenvalue weighted by Gasteiger charge is -2.25. The van der Waals surface area contributed by atoms with E-state index in [9.17, 15) is 0 Å². The van der Waals surface area contributed by atoms with Gasteiger partial charge in [-0.3, -0.25) is 0 Å². The van der Waals surface area contributed by atoms with Crippen molar-refractivity contribution < 1.29 is 4.57 Å². The fourth-order valence-electron chi connectivity index (χ4n) is 2.67. The zero-order valence-electron chi connectivity index (χ0n) is 9.72. The van der Waals surface area contributed by atoms with Crippen molar-refractivity contribution in [1.29, 1.82) is 0 Å². The topological polar surface area (TPSA) is 3.88 Å². The van der Waals surface area contributed by atoms with E-state index >= 15 is 0 Å². The first-order chi connectivity index (χ1) is 7.79. The van der Waals surface area contributed by atoms with Crippen LogP contribution in [0.2, 0.25) is 0 Å². The maximum Gasteiger partial charge on any atom is 0.213 e. The van der Waals surface area contributed by atoms with Gasteiger partial charge in [-0.1, -0.05) is 25.1 Å². The Balaban J connectivity index is 2.33. The predicted molar refractivity (Wildman–Crippen MR) is 65.2 cm³/mol. The van der Waals surface area contributed by atoms with E-state index in [0.717, 1.165) is 0 Å². The van der Waals surface area contributed by atoms with Crippen LogP contribution in [0.15, 0.2) is 48.7 Å². The van der Waals surface area contributed by atoms with E-state index in [-0.39, 0.29) is 0 Å². The maximum atomic E-state index is 2.38. The summed E-state index contributed by atoms with van der Waals surface area (Å²) in [6.07, 6.45) is 2.19. The van der Waals surface area contributed by atoms with E-state index < -0.39 is 0 Å². The molecule has 0 bridgehead atoms. The lowest BCUT2D eigenvalue weighted by molar-refractivity contribution is -0.714. The molecule has 1 aromatic carbocycles. The second kappa shape index (κ2) is 3.44. The highest BCUT2D eigenvalue weighted by molar-refractivity contribution is 5.63. The summed E-state index contributed by atoms with van der Waals surface area (Å²) in [5, 5.41) is 0. The molecule has 0 fully saturated rings. The SMILES string of the molecule is CC1c2ccccc2-c2cccc[n+]2[C@@H]1C. The van der Waals surface area contributed by atoms with Gasteiger partial charge in [-0.15, -0.1) is 0 Å². The predicted octanol–water partition coefficient (Wildman–Crippen LogP) is 3.32. The fourth-order valence-corrected chi connectivity index (χ4v) is 2.67. The summed E-state index contributed by atoms with van der Waals surface area (Å²) in [6, 6.07) is 15.7. The summed E-state index contributed by atoms with van der Waals surface area (Å²) >= 11 is 0. The van der Waals surface area contributed by atoms with Crippen molar-refractivity contribution in [3.8, 4) is 11.3 Å². The molecule has 0 N–H and O–H groups in total. The average molecular weight is 210 g/mol. The lowest BCUT2D eigenvalue weighted by atomic mass is 9.85. The number of nitrogens with zero attached hydrogens (tertiary/aromatic N) is 1. The molecule has 1 aliphatic heterocycles. The molecule has 1 unspecified atom stereocenters. The highest BCUT2D eigenvalue weighted by Crippen LogP contribution is 2.36. The van der Waals surface area contributed by atoms with Crippen LogP contribution in [0.25, 0.3) is 11.3 Å². The Kier molecular flexibility index (Phi) is 2.06. The lowest BCUT2D eigenvalue weighted by Crippen LogP contribution is -2.45. The molecule has 0 spiro atoms. The van der Waals surface area contributed by atoms with Crippen LogP contribution in [0, 0.1) is 0 Å². The van der Waals surface area contributed by atoms with E-state index in [4.69, 9.17) is 0 Å². The van der Waals surface area contributed by atoms with Gasteiger partial charge in [0, 0.05) is 23.6 Å². The molecular weight excluding hydrogens is 194 g/mol. The minimum Gasteiger partial charge on any atom is -0.195 e. The molecule has 0 radical (unpaired) electrons. The van der Waals surface area contributed by atoms with Gasteiger partial charge in [-0.25, -0.2) is 0 Å². The molecule has 0 saturated heterocycles. The van der Waals surface area contributed by atoms with Crippen LogP contribution in [0.1, 0.15) is 31.4 Å². The first-order valence-electron chi connectivity index (χ1n) is 5.88. The van der Waals surface area contributed by atoms with Crippen LogP contribution < -0.4 is 4.57 Å². The van der Waals surface area contributed by atoms with Gasteiger partial charge in [-0.2, -0.15) is 4.57 Å². The van der Waals surface area contributed by atoms with Gasteiger partial charge < -0.3 is 0 Å². The Morgan fingerprint density at radius 3 is 2.56 bits per heavy atom. The smallest absolute Gasteiger partial charge is 0.195 e. The normalized spacial score (nSPS) is 22.4. The molecule has 2 aromatic rings. The number of benzene rings is 1. The molecule has 1 aliphatic rings. The number of pyridine rings is 1. The molecule has 0 saturated carbocycles. The van der Waals surface area contributed by atoms with E-state index in [1.165, 1.54) is 16.8 Å². The van der Waals surface area contributed by atoms with Crippen molar-refractivity contribution in [2.45, 2.75) is 25.8 Å². The summed E-state index contributed by atoms with van der Waals surface area (Å²) in [4.78, 5) is 0. The molecule has 1 nitrogen and oxygen atoms in total. The van der Waals surface area contributed by atoms with Crippen LogP contribution in [0.3, 0.4) is 0 Å². The van der Waals surface area contributed by atoms with Gasteiger partial charge in [0.25, 0.3) is 0 Å².